The highest BCUT2D eigenvalue weighted by Crippen LogP contribution is 2.28. The summed E-state index contributed by atoms with van der Waals surface area (Å²) in [7, 11) is 0. The molecule has 3 nitrogen and oxygen atoms in total. The van der Waals surface area contributed by atoms with E-state index in [9.17, 15) is 35.9 Å². The topological polar surface area (TPSA) is 65.6 Å². The summed E-state index contributed by atoms with van der Waals surface area (Å²) < 4.78 is 69.4. The van der Waals surface area contributed by atoms with Crippen LogP contribution in [-0.4, -0.2) is 35.8 Å². The van der Waals surface area contributed by atoms with Gasteiger partial charge in [0.25, 0.3) is 0 Å². The van der Waals surface area contributed by atoms with Crippen LogP contribution in [0.1, 0.15) is 0 Å². The molecule has 0 bridgehead atoms. The zero-order valence-electron chi connectivity index (χ0n) is 6.29. The molecule has 0 saturated heterocycles. The van der Waals surface area contributed by atoms with Crippen LogP contribution in [0.15, 0.2) is 0 Å². The van der Waals surface area contributed by atoms with Crippen LogP contribution >= 0.6 is 0 Å². The Morgan fingerprint density at radius 1 is 1.00 bits per heavy atom. The van der Waals surface area contributed by atoms with Crippen molar-refractivity contribution in [1.29, 1.82) is 0 Å². The Kier molecular flexibility index (Phi) is 4.83. The lowest BCUT2D eigenvalue weighted by molar-refractivity contribution is -0.196. The number of carbonyl (C=O) groups is 2. The number of Topliss-reactive ketones (excluding diaryl/α,β-unsaturated/α-hetero) is 2. The average molecular weight is 226 g/mol. The summed E-state index contributed by atoms with van der Waals surface area (Å²) in [6.45, 7) is -2.32. The van der Waals surface area contributed by atoms with E-state index < -0.39 is 30.3 Å². The molecule has 0 unspecified atom stereocenters. The van der Waals surface area contributed by atoms with Crippen LogP contribution in [0.25, 0.3) is 0 Å². The Hall–Kier alpha value is -1.12. The lowest BCUT2D eigenvalue weighted by Crippen LogP contribution is -2.46. The van der Waals surface area contributed by atoms with Crippen LogP contribution in [-0.2, 0) is 9.59 Å². The molecule has 0 saturated carbocycles. The first-order valence-corrected chi connectivity index (χ1v) is 2.72. The third kappa shape index (κ3) is 2.98. The first-order chi connectivity index (χ1) is 5.64. The lowest BCUT2D eigenvalue weighted by atomic mass is 10.1. The van der Waals surface area contributed by atoms with Crippen molar-refractivity contribution < 1.29 is 41.4 Å². The maximum absolute atomic E-state index is 12.0. The minimum absolute atomic E-state index is 0. The number of hydrogen-bond acceptors (Lipinski definition) is 2. The Morgan fingerprint density at radius 2 is 1.36 bits per heavy atom. The van der Waals surface area contributed by atoms with Gasteiger partial charge in [-0.15, -0.1) is 0 Å². The number of alkyl halides is 6. The quantitative estimate of drug-likeness (QED) is 0.518. The van der Waals surface area contributed by atoms with E-state index in [1.165, 1.54) is 0 Å². The molecule has 0 aliphatic carbocycles. The zero-order valence-corrected chi connectivity index (χ0v) is 6.29. The van der Waals surface area contributed by atoms with Crippen molar-refractivity contribution in [3.8, 4) is 0 Å². The molecule has 0 radical (unpaired) electrons. The lowest BCUT2D eigenvalue weighted by Gasteiger charge is -2.13. The Balaban J connectivity index is 0. The summed E-state index contributed by atoms with van der Waals surface area (Å²) in [5, 5.41) is 0. The Bertz CT molecular complexity index is 232. The van der Waals surface area contributed by atoms with Gasteiger partial charge in [-0.2, -0.15) is 22.0 Å². The van der Waals surface area contributed by atoms with Gasteiger partial charge in [-0.3, -0.25) is 9.59 Å². The van der Waals surface area contributed by atoms with Crippen LogP contribution in [0.4, 0.5) is 26.3 Å². The standard InChI is InChI=1S/C5H2F6O2.H2O/c6-1-2(12)4(7,8)3(13)5(9,10)11;/h1H2;1H2. The summed E-state index contributed by atoms with van der Waals surface area (Å²) in [5.74, 6) is -11.6. The number of halogens is 6. The van der Waals surface area contributed by atoms with Crippen molar-refractivity contribution in [2.45, 2.75) is 12.1 Å². The minimum atomic E-state index is -5.85. The fourth-order valence-corrected chi connectivity index (χ4v) is 0.389. The first kappa shape index (κ1) is 15.4. The number of carbonyl (C=O) groups excluding carboxylic acids is 2. The van der Waals surface area contributed by atoms with Crippen molar-refractivity contribution in [3.05, 3.63) is 0 Å². The molecule has 0 aromatic rings. The van der Waals surface area contributed by atoms with Gasteiger partial charge in [-0.25, -0.2) is 4.39 Å². The van der Waals surface area contributed by atoms with Crippen molar-refractivity contribution in [2.75, 3.05) is 6.67 Å². The SMILES string of the molecule is O.O=C(CF)C(F)(F)C(=O)C(F)(F)F. The molecule has 0 heterocycles. The van der Waals surface area contributed by atoms with Gasteiger partial charge >= 0.3 is 17.9 Å². The van der Waals surface area contributed by atoms with Crippen LogP contribution in [0, 0.1) is 0 Å². The van der Waals surface area contributed by atoms with Crippen molar-refractivity contribution >= 4 is 11.6 Å². The highest BCUT2D eigenvalue weighted by Gasteiger charge is 2.59. The largest absolute Gasteiger partial charge is 0.456 e. The van der Waals surface area contributed by atoms with E-state index in [0.29, 0.717) is 0 Å². The van der Waals surface area contributed by atoms with E-state index in [2.05, 4.69) is 0 Å². The molecule has 9 heteroatoms. The third-order valence-corrected chi connectivity index (χ3v) is 1.01. The molecule has 0 spiro atoms. The molecule has 2 N–H and O–H groups in total. The molecule has 0 aliphatic heterocycles. The van der Waals surface area contributed by atoms with Crippen LogP contribution in [0.3, 0.4) is 0 Å². The van der Waals surface area contributed by atoms with Gasteiger partial charge in [0.05, 0.1) is 0 Å². The van der Waals surface area contributed by atoms with Gasteiger partial charge in [-0.05, 0) is 0 Å². The second kappa shape index (κ2) is 4.40. The summed E-state index contributed by atoms with van der Waals surface area (Å²) in [6.07, 6.45) is -5.85. The maximum Gasteiger partial charge on any atom is 0.456 e. The average Bonchev–Trinajstić information content (AvgIpc) is 1.99. The smallest absolute Gasteiger partial charge is 0.412 e. The van der Waals surface area contributed by atoms with E-state index in [0.717, 1.165) is 0 Å². The number of ketones is 2. The summed E-state index contributed by atoms with van der Waals surface area (Å²) >= 11 is 0. The van der Waals surface area contributed by atoms with Gasteiger partial charge in [0.2, 0.25) is 5.78 Å². The molecule has 0 atom stereocenters. The number of hydrogen-bond donors (Lipinski definition) is 0. The monoisotopic (exact) mass is 226 g/mol. The van der Waals surface area contributed by atoms with Gasteiger partial charge in [0.15, 0.2) is 6.67 Å². The molecule has 0 aromatic heterocycles. The molecule has 0 aliphatic rings. The molecule has 0 amide bonds. The van der Waals surface area contributed by atoms with Crippen LogP contribution in [0.2, 0.25) is 0 Å². The normalized spacial score (nSPS) is 11.9. The molecule has 84 valence electrons. The van der Waals surface area contributed by atoms with E-state index >= 15 is 0 Å². The van der Waals surface area contributed by atoms with Crippen molar-refractivity contribution in [1.82, 2.24) is 0 Å². The van der Waals surface area contributed by atoms with Crippen molar-refractivity contribution in [3.63, 3.8) is 0 Å². The highest BCUT2D eigenvalue weighted by atomic mass is 19.4. The fraction of sp³-hybridized carbons (Fsp3) is 0.600. The van der Waals surface area contributed by atoms with E-state index in [-0.39, 0.29) is 5.48 Å². The predicted molar refractivity (Wildman–Crippen MR) is 30.6 cm³/mol. The molecule has 0 rings (SSSR count). The van der Waals surface area contributed by atoms with Crippen LogP contribution in [0.5, 0.6) is 0 Å². The summed E-state index contributed by atoms with van der Waals surface area (Å²) in [6, 6.07) is 0. The molecule has 0 fully saturated rings. The van der Waals surface area contributed by atoms with E-state index in [1.807, 2.05) is 0 Å². The van der Waals surface area contributed by atoms with E-state index in [1.54, 1.807) is 0 Å². The van der Waals surface area contributed by atoms with Gasteiger partial charge in [0, 0.05) is 0 Å². The second-order valence-electron chi connectivity index (χ2n) is 1.96. The van der Waals surface area contributed by atoms with Crippen molar-refractivity contribution in [2.24, 2.45) is 0 Å². The van der Waals surface area contributed by atoms with Gasteiger partial charge in [0.1, 0.15) is 0 Å². The molecule has 14 heavy (non-hydrogen) atoms. The maximum atomic E-state index is 12.0. The zero-order chi connectivity index (χ0) is 10.9. The van der Waals surface area contributed by atoms with E-state index in [4.69, 9.17) is 0 Å². The third-order valence-electron chi connectivity index (χ3n) is 1.01. The summed E-state index contributed by atoms with van der Waals surface area (Å²) in [5.41, 5.74) is 0. The Labute approximate surface area is 73.0 Å². The highest BCUT2D eigenvalue weighted by molar-refractivity contribution is 6.11. The van der Waals surface area contributed by atoms with Gasteiger partial charge < -0.3 is 5.48 Å². The second-order valence-corrected chi connectivity index (χ2v) is 1.96. The summed E-state index contributed by atoms with van der Waals surface area (Å²) in [4.78, 5) is 19.7. The molecular formula is C5H4F6O3. The fourth-order valence-electron chi connectivity index (χ4n) is 0.389. The molecule has 0 aromatic carbocycles. The minimum Gasteiger partial charge on any atom is -0.412 e. The molecular weight excluding hydrogens is 222 g/mol. The van der Waals surface area contributed by atoms with Crippen LogP contribution < -0.4 is 0 Å². The number of rotatable bonds is 3. The van der Waals surface area contributed by atoms with Gasteiger partial charge in [-0.1, -0.05) is 0 Å². The predicted octanol–water partition coefficient (Wildman–Crippen LogP) is 0.467. The first-order valence-electron chi connectivity index (χ1n) is 2.72. The Morgan fingerprint density at radius 3 is 1.57 bits per heavy atom.